The smallest absolute Gasteiger partial charge is 0.242 e. The molecule has 2 unspecified atom stereocenters. The van der Waals surface area contributed by atoms with E-state index >= 15 is 0 Å². The van der Waals surface area contributed by atoms with Crippen LogP contribution in [-0.2, 0) is 32.9 Å². The van der Waals surface area contributed by atoms with Crippen LogP contribution < -0.4 is 20.1 Å². The minimum Gasteiger partial charge on any atom is -0.497 e. The number of thioether (sulfide) groups is 1. The first-order valence-electron chi connectivity index (χ1n) is 13.3. The molecule has 0 aliphatic carbocycles. The lowest BCUT2D eigenvalue weighted by atomic mass is 9.89. The molecule has 0 saturated carbocycles. The molecule has 0 fully saturated rings. The van der Waals surface area contributed by atoms with Crippen molar-refractivity contribution in [3.8, 4) is 11.5 Å². The highest BCUT2D eigenvalue weighted by Gasteiger charge is 2.43. The topological polar surface area (TPSA) is 76.7 Å². The molecule has 0 aliphatic rings. The van der Waals surface area contributed by atoms with E-state index in [0.29, 0.717) is 18.1 Å². The molecular weight excluding hydrogens is 544 g/mol. The summed E-state index contributed by atoms with van der Waals surface area (Å²) >= 11 is 8.23. The number of carbonyl (C=O) groups is 2. The molecule has 0 radical (unpaired) electrons. The molecular formula is C32H39ClN2O4S. The van der Waals surface area contributed by atoms with Crippen LogP contribution in [0.4, 0.5) is 0 Å². The van der Waals surface area contributed by atoms with Gasteiger partial charge in [0.15, 0.2) is 0 Å². The molecule has 0 aromatic heterocycles. The maximum atomic E-state index is 14.3. The Morgan fingerprint density at radius 1 is 0.875 bits per heavy atom. The summed E-state index contributed by atoms with van der Waals surface area (Å²) < 4.78 is 9.43. The molecule has 0 aliphatic heterocycles. The first kappa shape index (κ1) is 31.4. The molecule has 3 aromatic carbocycles. The van der Waals surface area contributed by atoms with Gasteiger partial charge in [-0.2, -0.15) is 0 Å². The molecule has 214 valence electrons. The Bertz CT molecular complexity index is 1250. The minimum atomic E-state index is -1.13. The third kappa shape index (κ3) is 7.95. The summed E-state index contributed by atoms with van der Waals surface area (Å²) in [6.45, 7) is 4.31. The number of ether oxygens (including phenoxy) is 2. The fourth-order valence-electron chi connectivity index (χ4n) is 4.55. The Morgan fingerprint density at radius 2 is 1.45 bits per heavy atom. The zero-order valence-corrected chi connectivity index (χ0v) is 25.4. The molecule has 8 heteroatoms. The Morgan fingerprint density at radius 3 is 1.98 bits per heavy atom. The Balaban J connectivity index is 1.99. The fourth-order valence-corrected chi connectivity index (χ4v) is 6.28. The van der Waals surface area contributed by atoms with Gasteiger partial charge in [-0.15, -0.1) is 23.4 Å². The van der Waals surface area contributed by atoms with Crippen molar-refractivity contribution in [1.29, 1.82) is 0 Å². The lowest BCUT2D eigenvalue weighted by Crippen LogP contribution is -2.53. The highest BCUT2D eigenvalue weighted by molar-refractivity contribution is 8.00. The Labute approximate surface area is 247 Å². The van der Waals surface area contributed by atoms with E-state index < -0.39 is 10.8 Å². The predicted octanol–water partition coefficient (Wildman–Crippen LogP) is 5.74. The average molecular weight is 583 g/mol. The number of halogens is 1. The monoisotopic (exact) mass is 582 g/mol. The number of benzene rings is 3. The van der Waals surface area contributed by atoms with Crippen LogP contribution in [0.5, 0.6) is 11.5 Å². The van der Waals surface area contributed by atoms with E-state index in [9.17, 15) is 9.59 Å². The molecule has 2 atom stereocenters. The van der Waals surface area contributed by atoms with Crippen LogP contribution in [0.25, 0.3) is 0 Å². The lowest BCUT2D eigenvalue weighted by Gasteiger charge is -2.34. The van der Waals surface area contributed by atoms with Crippen molar-refractivity contribution in [3.05, 3.63) is 95.1 Å². The van der Waals surface area contributed by atoms with Crippen LogP contribution in [0.2, 0.25) is 0 Å². The van der Waals surface area contributed by atoms with Gasteiger partial charge >= 0.3 is 0 Å². The van der Waals surface area contributed by atoms with Gasteiger partial charge in [-0.05, 0) is 58.9 Å². The van der Waals surface area contributed by atoms with Gasteiger partial charge in [0.25, 0.3) is 0 Å². The third-order valence-electron chi connectivity index (χ3n) is 6.75. The predicted molar refractivity (Wildman–Crippen MR) is 164 cm³/mol. The summed E-state index contributed by atoms with van der Waals surface area (Å²) in [6.07, 6.45) is 1.13. The summed E-state index contributed by atoms with van der Waals surface area (Å²) in [5.74, 6) is 1.90. The van der Waals surface area contributed by atoms with Crippen LogP contribution in [0.1, 0.15) is 36.1 Å². The number of hydrogen-bond donors (Lipinski definition) is 2. The highest BCUT2D eigenvalue weighted by atomic mass is 35.5. The number of carbonyl (C=O) groups excluding carboxylic acids is 2. The molecule has 3 rings (SSSR count). The number of rotatable bonds is 14. The van der Waals surface area contributed by atoms with E-state index in [1.54, 1.807) is 21.3 Å². The van der Waals surface area contributed by atoms with Crippen LogP contribution in [0.3, 0.4) is 0 Å². The average Bonchev–Trinajstić information content (AvgIpc) is 2.98. The number of amides is 2. The Kier molecular flexibility index (Phi) is 11.8. The van der Waals surface area contributed by atoms with Crippen molar-refractivity contribution in [2.24, 2.45) is 5.92 Å². The maximum Gasteiger partial charge on any atom is 0.242 e. The van der Waals surface area contributed by atoms with Gasteiger partial charge in [-0.25, -0.2) is 0 Å². The fraction of sp³-hybridized carbons (Fsp3) is 0.375. The third-order valence-corrected chi connectivity index (χ3v) is 8.83. The second kappa shape index (κ2) is 15.0. The molecule has 0 saturated heterocycles. The summed E-state index contributed by atoms with van der Waals surface area (Å²) in [4.78, 5) is 27.3. The van der Waals surface area contributed by atoms with Crippen molar-refractivity contribution >= 4 is 35.2 Å². The number of nitrogens with one attached hydrogen (secondary N) is 2. The van der Waals surface area contributed by atoms with E-state index in [4.69, 9.17) is 21.1 Å². The number of alkyl halides is 1. The van der Waals surface area contributed by atoms with Gasteiger partial charge < -0.3 is 20.1 Å². The van der Waals surface area contributed by atoms with Crippen LogP contribution in [-0.4, -0.2) is 45.0 Å². The molecule has 0 heterocycles. The second-order valence-electron chi connectivity index (χ2n) is 10.0. The van der Waals surface area contributed by atoms with E-state index in [1.165, 1.54) is 11.8 Å². The molecule has 3 aromatic rings. The number of hydrogen-bond acceptors (Lipinski definition) is 5. The van der Waals surface area contributed by atoms with E-state index in [-0.39, 0.29) is 17.7 Å². The largest absolute Gasteiger partial charge is 0.497 e. The minimum absolute atomic E-state index is 0.0394. The molecule has 6 nitrogen and oxygen atoms in total. The van der Waals surface area contributed by atoms with Crippen molar-refractivity contribution in [2.75, 3.05) is 27.1 Å². The van der Waals surface area contributed by atoms with Crippen LogP contribution in [0, 0.1) is 5.92 Å². The van der Waals surface area contributed by atoms with Gasteiger partial charge in [-0.3, -0.25) is 9.59 Å². The molecule has 0 spiro atoms. The quantitative estimate of drug-likeness (QED) is 0.237. The SMILES string of the molecule is CNC(=O)C(Cc1ccc(OC)cc1)NC(=O)C(CCl)(SCc1ccc(OC)cc1)c1ccccc1CC(C)C. The standard InChI is InChI=1S/C32H39ClN2O4S/c1-22(2)18-25-8-6-7-9-28(25)32(21-33,40-20-24-12-16-27(39-5)17-13-24)31(37)35-29(30(36)34-3)19-23-10-14-26(38-4)15-11-23/h6-17,22,29H,18-21H2,1-5H3,(H,34,36)(H,35,37). The van der Waals surface area contributed by atoms with E-state index in [1.807, 2.05) is 66.7 Å². The Hall–Kier alpha value is -3.16. The van der Waals surface area contributed by atoms with Crippen molar-refractivity contribution < 1.29 is 19.1 Å². The van der Waals surface area contributed by atoms with Gasteiger partial charge in [0.1, 0.15) is 22.3 Å². The summed E-state index contributed by atoms with van der Waals surface area (Å²) in [7, 11) is 4.81. The molecule has 0 bridgehead atoms. The van der Waals surface area contributed by atoms with Gasteiger partial charge in [-0.1, -0.05) is 62.4 Å². The van der Waals surface area contributed by atoms with E-state index in [2.05, 4.69) is 30.5 Å². The van der Waals surface area contributed by atoms with Crippen molar-refractivity contribution in [2.45, 2.75) is 43.2 Å². The number of methoxy groups -OCH3 is 2. The first-order valence-corrected chi connectivity index (χ1v) is 14.8. The van der Waals surface area contributed by atoms with Crippen molar-refractivity contribution in [3.63, 3.8) is 0 Å². The van der Waals surface area contributed by atoms with Gasteiger partial charge in [0.2, 0.25) is 11.8 Å². The maximum absolute atomic E-state index is 14.3. The summed E-state index contributed by atoms with van der Waals surface area (Å²) in [6, 6.07) is 22.4. The normalized spacial score (nSPS) is 13.3. The second-order valence-corrected chi connectivity index (χ2v) is 11.6. The van der Waals surface area contributed by atoms with Crippen LogP contribution >= 0.6 is 23.4 Å². The zero-order chi connectivity index (χ0) is 29.1. The zero-order valence-electron chi connectivity index (χ0n) is 23.8. The summed E-state index contributed by atoms with van der Waals surface area (Å²) in [5.41, 5.74) is 3.88. The van der Waals surface area contributed by atoms with Crippen LogP contribution in [0.15, 0.2) is 72.8 Å². The van der Waals surface area contributed by atoms with E-state index in [0.717, 1.165) is 40.2 Å². The lowest BCUT2D eigenvalue weighted by molar-refractivity contribution is -0.129. The summed E-state index contributed by atoms with van der Waals surface area (Å²) in [5, 5.41) is 5.76. The van der Waals surface area contributed by atoms with Gasteiger partial charge in [0, 0.05) is 19.2 Å². The number of likely N-dealkylation sites (N-methyl/N-ethyl adjacent to an activating group) is 1. The first-order chi connectivity index (χ1) is 19.3. The molecule has 2 amide bonds. The molecule has 2 N–H and O–H groups in total. The highest BCUT2D eigenvalue weighted by Crippen LogP contribution is 2.42. The molecule has 40 heavy (non-hydrogen) atoms. The van der Waals surface area contributed by atoms with Crippen molar-refractivity contribution in [1.82, 2.24) is 10.6 Å². The van der Waals surface area contributed by atoms with Gasteiger partial charge in [0.05, 0.1) is 20.1 Å².